The van der Waals surface area contributed by atoms with Crippen LogP contribution >= 0.6 is 0 Å². The van der Waals surface area contributed by atoms with Crippen LogP contribution in [0.5, 0.6) is 11.5 Å². The molecule has 12 heteroatoms. The number of hydrogen-bond donors (Lipinski definition) is 4. The summed E-state index contributed by atoms with van der Waals surface area (Å²) in [6, 6.07) is 5.79. The highest BCUT2D eigenvalue weighted by molar-refractivity contribution is 5.50. The van der Waals surface area contributed by atoms with E-state index in [-0.39, 0.29) is 12.9 Å². The topological polar surface area (TPSA) is 147 Å². The number of para-hydroxylation sites is 1. The zero-order chi connectivity index (χ0) is 23.4. The van der Waals surface area contributed by atoms with E-state index in [1.165, 1.54) is 0 Å². The van der Waals surface area contributed by atoms with Crippen LogP contribution in [-0.4, -0.2) is 80.5 Å². The van der Waals surface area contributed by atoms with Crippen molar-refractivity contribution >= 4 is 17.8 Å². The minimum atomic E-state index is 0.170. The van der Waals surface area contributed by atoms with E-state index >= 15 is 0 Å². The summed E-state index contributed by atoms with van der Waals surface area (Å²) >= 11 is 0. The number of nitrogens with one attached hydrogen (secondary N) is 3. The highest BCUT2D eigenvalue weighted by Crippen LogP contribution is 2.35. The number of fused-ring (bicyclic) bond motifs is 1. The Morgan fingerprint density at radius 3 is 2.53 bits per heavy atom. The van der Waals surface area contributed by atoms with Gasteiger partial charge in [-0.15, -0.1) is 0 Å². The van der Waals surface area contributed by atoms with Gasteiger partial charge >= 0.3 is 0 Å². The Balaban J connectivity index is 1.33. The normalized spacial score (nSPS) is 16.6. The maximum absolute atomic E-state index is 5.69. The molecule has 2 aromatic rings. The summed E-state index contributed by atoms with van der Waals surface area (Å²) in [4.78, 5) is 13.5. The molecule has 1 aromatic heterocycles. The summed E-state index contributed by atoms with van der Waals surface area (Å²) in [6.45, 7) is 5.26. The molecule has 1 aromatic carbocycles. The molecule has 4 rings (SSSR count). The molecule has 1 fully saturated rings. The van der Waals surface area contributed by atoms with Gasteiger partial charge in [-0.25, -0.2) is 0 Å². The number of nitrogens with two attached hydrogens (primary N) is 1. The lowest BCUT2D eigenvalue weighted by Gasteiger charge is -2.14. The van der Waals surface area contributed by atoms with Gasteiger partial charge in [0.2, 0.25) is 24.6 Å². The summed E-state index contributed by atoms with van der Waals surface area (Å²) in [5.41, 5.74) is 6.35. The lowest BCUT2D eigenvalue weighted by atomic mass is 10.2. The highest BCUT2D eigenvalue weighted by Gasteiger charge is 2.18. The average molecular weight is 476 g/mol. The fourth-order valence-corrected chi connectivity index (χ4v) is 3.57. The zero-order valence-corrected chi connectivity index (χ0v) is 19.3. The molecule has 3 heterocycles. The highest BCUT2D eigenvalue weighted by atomic mass is 16.7. The van der Waals surface area contributed by atoms with Gasteiger partial charge in [0.25, 0.3) is 0 Å². The molecule has 2 aliphatic rings. The number of aromatic nitrogens is 3. The predicted octanol–water partition coefficient (Wildman–Crippen LogP) is 1.21. The molecule has 1 saturated heterocycles. The van der Waals surface area contributed by atoms with Crippen LogP contribution in [0.15, 0.2) is 18.2 Å². The third-order valence-electron chi connectivity index (χ3n) is 5.23. The lowest BCUT2D eigenvalue weighted by Crippen LogP contribution is -2.21. The van der Waals surface area contributed by atoms with E-state index in [1.807, 2.05) is 18.2 Å². The minimum Gasteiger partial charge on any atom is -0.454 e. The van der Waals surface area contributed by atoms with Crippen LogP contribution in [0.1, 0.15) is 18.4 Å². The summed E-state index contributed by atoms with van der Waals surface area (Å²) in [6.07, 6.45) is 2.28. The van der Waals surface area contributed by atoms with E-state index in [9.17, 15) is 0 Å². The van der Waals surface area contributed by atoms with Crippen LogP contribution in [0, 0.1) is 0 Å². The summed E-state index contributed by atoms with van der Waals surface area (Å²) in [5, 5.41) is 9.72. The smallest absolute Gasteiger partial charge is 0.231 e. The molecule has 0 radical (unpaired) electrons. The van der Waals surface area contributed by atoms with Crippen LogP contribution < -0.4 is 31.2 Å². The zero-order valence-electron chi connectivity index (χ0n) is 19.3. The summed E-state index contributed by atoms with van der Waals surface area (Å²) < 4.78 is 27.6. The van der Waals surface area contributed by atoms with E-state index in [0.717, 1.165) is 36.5 Å². The first-order valence-electron chi connectivity index (χ1n) is 11.6. The number of benzene rings is 1. The third kappa shape index (κ3) is 7.29. The molecule has 0 amide bonds. The van der Waals surface area contributed by atoms with Gasteiger partial charge in [0.05, 0.1) is 32.5 Å². The van der Waals surface area contributed by atoms with E-state index in [0.29, 0.717) is 70.5 Å². The molecule has 0 saturated carbocycles. The quantitative estimate of drug-likeness (QED) is 0.274. The van der Waals surface area contributed by atoms with Crippen molar-refractivity contribution in [2.45, 2.75) is 25.5 Å². The van der Waals surface area contributed by atoms with E-state index in [2.05, 4.69) is 30.9 Å². The fraction of sp³-hybridized carbons (Fsp3) is 0.591. The molecule has 1 atom stereocenters. The van der Waals surface area contributed by atoms with Crippen molar-refractivity contribution in [2.75, 3.05) is 75.4 Å². The van der Waals surface area contributed by atoms with Crippen molar-refractivity contribution < 1.29 is 23.7 Å². The number of rotatable bonds is 15. The van der Waals surface area contributed by atoms with Gasteiger partial charge in [-0.1, -0.05) is 12.1 Å². The monoisotopic (exact) mass is 475 g/mol. The molecule has 5 N–H and O–H groups in total. The fourth-order valence-electron chi connectivity index (χ4n) is 3.57. The number of hydrogen-bond acceptors (Lipinski definition) is 12. The van der Waals surface area contributed by atoms with Crippen LogP contribution in [0.4, 0.5) is 17.8 Å². The predicted molar refractivity (Wildman–Crippen MR) is 126 cm³/mol. The van der Waals surface area contributed by atoms with Crippen molar-refractivity contribution in [3.8, 4) is 11.5 Å². The molecule has 0 aliphatic carbocycles. The van der Waals surface area contributed by atoms with Gasteiger partial charge in [0.15, 0.2) is 11.5 Å². The van der Waals surface area contributed by atoms with E-state index in [4.69, 9.17) is 29.4 Å². The van der Waals surface area contributed by atoms with Crippen molar-refractivity contribution in [3.63, 3.8) is 0 Å². The molecule has 34 heavy (non-hydrogen) atoms. The van der Waals surface area contributed by atoms with Crippen molar-refractivity contribution in [1.82, 2.24) is 15.0 Å². The second kappa shape index (κ2) is 13.1. The van der Waals surface area contributed by atoms with Crippen LogP contribution in [0.25, 0.3) is 0 Å². The van der Waals surface area contributed by atoms with Gasteiger partial charge in [0.1, 0.15) is 0 Å². The Morgan fingerprint density at radius 1 is 0.941 bits per heavy atom. The molecule has 12 nitrogen and oxygen atoms in total. The van der Waals surface area contributed by atoms with Gasteiger partial charge in [0, 0.05) is 38.3 Å². The van der Waals surface area contributed by atoms with Gasteiger partial charge in [-0.2, -0.15) is 15.0 Å². The van der Waals surface area contributed by atoms with Crippen molar-refractivity contribution in [1.29, 1.82) is 0 Å². The third-order valence-corrected chi connectivity index (χ3v) is 5.23. The second-order valence-electron chi connectivity index (χ2n) is 7.77. The Labute approximate surface area is 198 Å². The Morgan fingerprint density at radius 2 is 1.74 bits per heavy atom. The molecule has 1 unspecified atom stereocenters. The molecular weight excluding hydrogens is 442 g/mol. The number of anilines is 3. The first-order chi connectivity index (χ1) is 16.8. The van der Waals surface area contributed by atoms with Crippen LogP contribution in [-0.2, 0) is 20.8 Å². The molecular formula is C22H33N7O5. The number of ether oxygens (including phenoxy) is 5. The maximum Gasteiger partial charge on any atom is 0.231 e. The largest absolute Gasteiger partial charge is 0.454 e. The average Bonchev–Trinajstić information content (AvgIpc) is 3.55. The van der Waals surface area contributed by atoms with Gasteiger partial charge < -0.3 is 45.4 Å². The van der Waals surface area contributed by atoms with Crippen LogP contribution in [0.2, 0.25) is 0 Å². The summed E-state index contributed by atoms with van der Waals surface area (Å²) in [5.74, 6) is 2.86. The standard InChI is InChI=1S/C22H33N7O5/c23-6-9-30-11-12-31-10-7-24-20-27-21(29-22(28-20)26-14-17-4-2-8-32-17)25-13-16-3-1-5-18-19(16)34-15-33-18/h1,3,5,17H,2,4,6-15,23H2,(H3,24,25,26,27,28,29). The Hall–Kier alpha value is -2.93. The Bertz CT molecular complexity index is 898. The van der Waals surface area contributed by atoms with Gasteiger partial charge in [-0.05, 0) is 18.9 Å². The number of nitrogens with zero attached hydrogens (tertiary/aromatic N) is 3. The molecule has 2 aliphatic heterocycles. The van der Waals surface area contributed by atoms with E-state index < -0.39 is 0 Å². The molecule has 186 valence electrons. The van der Waals surface area contributed by atoms with Gasteiger partial charge in [-0.3, -0.25) is 0 Å². The first-order valence-corrected chi connectivity index (χ1v) is 11.6. The van der Waals surface area contributed by atoms with E-state index in [1.54, 1.807) is 0 Å². The first kappa shape index (κ1) is 24.2. The SMILES string of the molecule is NCCOCCOCCNc1nc(NCc2cccc3c2OCO3)nc(NCC2CCCO2)n1. The molecule has 0 bridgehead atoms. The molecule has 0 spiro atoms. The van der Waals surface area contributed by atoms with Crippen molar-refractivity contribution in [3.05, 3.63) is 23.8 Å². The van der Waals surface area contributed by atoms with Crippen molar-refractivity contribution in [2.24, 2.45) is 5.73 Å². The minimum absolute atomic E-state index is 0.170. The second-order valence-corrected chi connectivity index (χ2v) is 7.77. The maximum atomic E-state index is 5.69. The Kier molecular flexibility index (Phi) is 9.31. The van der Waals surface area contributed by atoms with Crippen LogP contribution in [0.3, 0.4) is 0 Å². The summed E-state index contributed by atoms with van der Waals surface area (Å²) in [7, 11) is 0. The lowest BCUT2D eigenvalue weighted by molar-refractivity contribution is 0.0547.